The maximum Gasteiger partial charge on any atom is 0.123 e. The first kappa shape index (κ1) is 13.9. The molecule has 4 heteroatoms. The second kappa shape index (κ2) is 5.48. The Labute approximate surface area is 110 Å². The van der Waals surface area contributed by atoms with Crippen LogP contribution in [0.25, 0.3) is 0 Å². The third kappa shape index (κ3) is 3.44. The molecule has 0 spiro atoms. The Morgan fingerprint density at radius 3 is 2.62 bits per heavy atom. The molecule has 0 aliphatic heterocycles. The molecule has 0 heterocycles. The van der Waals surface area contributed by atoms with Crippen LogP contribution >= 0.6 is 27.5 Å². The fourth-order valence-electron chi connectivity index (χ4n) is 1.24. The molecule has 0 aromatic heterocycles. The Hall–Kier alpha value is -0.120. The average molecular weight is 309 g/mol. The molecule has 0 bridgehead atoms. The Morgan fingerprint density at radius 1 is 1.44 bits per heavy atom. The van der Waals surface area contributed by atoms with Crippen molar-refractivity contribution in [3.8, 4) is 0 Å². The summed E-state index contributed by atoms with van der Waals surface area (Å²) < 4.78 is 13.1. The van der Waals surface area contributed by atoms with Gasteiger partial charge >= 0.3 is 0 Å². The van der Waals surface area contributed by atoms with Gasteiger partial charge in [0.15, 0.2) is 0 Å². The molecule has 0 unspecified atom stereocenters. The van der Waals surface area contributed by atoms with Gasteiger partial charge in [-0.1, -0.05) is 27.5 Å². The molecular formula is C12H16BrClFN. The highest BCUT2D eigenvalue weighted by Gasteiger charge is 2.22. The molecule has 1 nitrogen and oxygen atoms in total. The largest absolute Gasteiger partial charge is 0.296 e. The number of alkyl halides is 1. The standard InChI is InChI=1S/C12H16BrClFN/c1-12(2,8-13)16(3)7-9-6-10(15)4-5-11(9)14/h4-6H,7-8H2,1-3H3. The van der Waals surface area contributed by atoms with Gasteiger partial charge in [0.2, 0.25) is 0 Å². The highest BCUT2D eigenvalue weighted by Crippen LogP contribution is 2.23. The Kier molecular flexibility index (Phi) is 4.77. The van der Waals surface area contributed by atoms with Crippen LogP contribution in [0.1, 0.15) is 19.4 Å². The number of hydrogen-bond donors (Lipinski definition) is 0. The van der Waals surface area contributed by atoms with Crippen LogP contribution in [0, 0.1) is 5.82 Å². The van der Waals surface area contributed by atoms with Crippen molar-refractivity contribution in [2.45, 2.75) is 25.9 Å². The van der Waals surface area contributed by atoms with Crippen molar-refractivity contribution < 1.29 is 4.39 Å². The molecule has 0 atom stereocenters. The van der Waals surface area contributed by atoms with E-state index >= 15 is 0 Å². The molecule has 0 aliphatic rings. The van der Waals surface area contributed by atoms with Gasteiger partial charge in [0.25, 0.3) is 0 Å². The van der Waals surface area contributed by atoms with Crippen LogP contribution in [0.3, 0.4) is 0 Å². The van der Waals surface area contributed by atoms with E-state index in [1.54, 1.807) is 6.07 Å². The molecule has 1 rings (SSSR count). The summed E-state index contributed by atoms with van der Waals surface area (Å²) >= 11 is 9.50. The molecule has 0 aliphatic carbocycles. The zero-order chi connectivity index (χ0) is 12.3. The Bertz CT molecular complexity index is 368. The van der Waals surface area contributed by atoms with Gasteiger partial charge < -0.3 is 0 Å². The van der Waals surface area contributed by atoms with Gasteiger partial charge in [-0.2, -0.15) is 0 Å². The Morgan fingerprint density at radius 2 is 2.06 bits per heavy atom. The van der Waals surface area contributed by atoms with Gasteiger partial charge in [-0.25, -0.2) is 4.39 Å². The minimum atomic E-state index is -0.246. The van der Waals surface area contributed by atoms with E-state index in [-0.39, 0.29) is 11.4 Å². The lowest BCUT2D eigenvalue weighted by atomic mass is 10.1. The summed E-state index contributed by atoms with van der Waals surface area (Å²) in [4.78, 5) is 2.14. The third-order valence-electron chi connectivity index (χ3n) is 2.78. The normalized spacial score (nSPS) is 12.2. The molecule has 0 fully saturated rings. The molecule has 0 saturated heterocycles. The highest BCUT2D eigenvalue weighted by molar-refractivity contribution is 9.09. The first-order valence-electron chi connectivity index (χ1n) is 5.08. The first-order valence-corrected chi connectivity index (χ1v) is 6.58. The summed E-state index contributed by atoms with van der Waals surface area (Å²) in [7, 11) is 2.00. The van der Waals surface area contributed by atoms with E-state index in [9.17, 15) is 4.39 Å². The smallest absolute Gasteiger partial charge is 0.123 e. The molecule has 1 aromatic rings. The van der Waals surface area contributed by atoms with E-state index in [0.717, 1.165) is 10.9 Å². The number of halogens is 3. The van der Waals surface area contributed by atoms with Crippen molar-refractivity contribution in [1.29, 1.82) is 0 Å². The lowest BCUT2D eigenvalue weighted by Crippen LogP contribution is -2.42. The van der Waals surface area contributed by atoms with E-state index in [0.29, 0.717) is 11.6 Å². The highest BCUT2D eigenvalue weighted by atomic mass is 79.9. The number of benzene rings is 1. The monoisotopic (exact) mass is 307 g/mol. The molecule has 0 amide bonds. The van der Waals surface area contributed by atoms with Crippen molar-refractivity contribution in [1.82, 2.24) is 4.90 Å². The second-order valence-electron chi connectivity index (χ2n) is 4.54. The number of nitrogens with zero attached hydrogens (tertiary/aromatic N) is 1. The summed E-state index contributed by atoms with van der Waals surface area (Å²) in [5.74, 6) is -0.246. The first-order chi connectivity index (χ1) is 7.36. The van der Waals surface area contributed by atoms with Crippen LogP contribution in [0.4, 0.5) is 4.39 Å². The van der Waals surface area contributed by atoms with Crippen molar-refractivity contribution in [3.05, 3.63) is 34.6 Å². The summed E-state index contributed by atoms with van der Waals surface area (Å²) in [5, 5.41) is 1.46. The molecule has 1 aromatic carbocycles. The van der Waals surface area contributed by atoms with Crippen LogP contribution in [0.5, 0.6) is 0 Å². The van der Waals surface area contributed by atoms with E-state index in [1.807, 2.05) is 7.05 Å². The van der Waals surface area contributed by atoms with E-state index in [2.05, 4.69) is 34.7 Å². The summed E-state index contributed by atoms with van der Waals surface area (Å²) in [5.41, 5.74) is 0.827. The van der Waals surface area contributed by atoms with Crippen LogP contribution in [-0.2, 0) is 6.54 Å². The van der Waals surface area contributed by atoms with Crippen LogP contribution in [0.2, 0.25) is 5.02 Å². The molecular weight excluding hydrogens is 292 g/mol. The second-order valence-corrected chi connectivity index (χ2v) is 5.51. The van der Waals surface area contributed by atoms with Gasteiger partial charge in [-0.15, -0.1) is 0 Å². The fraction of sp³-hybridized carbons (Fsp3) is 0.500. The zero-order valence-electron chi connectivity index (χ0n) is 9.73. The van der Waals surface area contributed by atoms with Crippen LogP contribution < -0.4 is 0 Å². The van der Waals surface area contributed by atoms with Crippen molar-refractivity contribution in [2.24, 2.45) is 0 Å². The van der Waals surface area contributed by atoms with E-state index in [1.165, 1.54) is 12.1 Å². The summed E-state index contributed by atoms with van der Waals surface area (Å²) in [6.45, 7) is 4.87. The molecule has 0 N–H and O–H groups in total. The van der Waals surface area contributed by atoms with Gasteiger partial charge in [0.05, 0.1) is 0 Å². The fourth-order valence-corrected chi connectivity index (χ4v) is 1.84. The predicted molar refractivity (Wildman–Crippen MR) is 70.8 cm³/mol. The maximum absolute atomic E-state index is 13.1. The van der Waals surface area contributed by atoms with Gasteiger partial charge in [0, 0.05) is 22.4 Å². The molecule has 0 radical (unpaired) electrons. The van der Waals surface area contributed by atoms with Gasteiger partial charge in [0.1, 0.15) is 5.82 Å². The van der Waals surface area contributed by atoms with E-state index in [4.69, 9.17) is 11.6 Å². The predicted octanol–water partition coefficient (Wildman–Crippen LogP) is 4.08. The van der Waals surface area contributed by atoms with Gasteiger partial charge in [-0.3, -0.25) is 4.90 Å². The number of hydrogen-bond acceptors (Lipinski definition) is 1. The van der Waals surface area contributed by atoms with Gasteiger partial charge in [-0.05, 0) is 44.7 Å². The quantitative estimate of drug-likeness (QED) is 0.758. The minimum Gasteiger partial charge on any atom is -0.296 e. The zero-order valence-corrected chi connectivity index (χ0v) is 12.1. The number of rotatable bonds is 4. The molecule has 0 saturated carbocycles. The SMILES string of the molecule is CN(Cc1cc(F)ccc1Cl)C(C)(C)CBr. The lowest BCUT2D eigenvalue weighted by molar-refractivity contribution is 0.173. The Balaban J connectivity index is 2.84. The van der Waals surface area contributed by atoms with Crippen molar-refractivity contribution in [3.63, 3.8) is 0 Å². The summed E-state index contributed by atoms with van der Waals surface area (Å²) in [6.07, 6.45) is 0. The van der Waals surface area contributed by atoms with Crippen LogP contribution in [0.15, 0.2) is 18.2 Å². The van der Waals surface area contributed by atoms with Crippen LogP contribution in [-0.4, -0.2) is 22.8 Å². The van der Waals surface area contributed by atoms with Crippen molar-refractivity contribution >= 4 is 27.5 Å². The maximum atomic E-state index is 13.1. The topological polar surface area (TPSA) is 3.24 Å². The minimum absolute atomic E-state index is 0.00957. The van der Waals surface area contributed by atoms with Crippen molar-refractivity contribution in [2.75, 3.05) is 12.4 Å². The van der Waals surface area contributed by atoms with E-state index < -0.39 is 0 Å². The summed E-state index contributed by atoms with van der Waals surface area (Å²) in [6, 6.07) is 4.46. The third-order valence-corrected chi connectivity index (χ3v) is 4.52. The molecule has 16 heavy (non-hydrogen) atoms. The molecule has 90 valence electrons. The lowest BCUT2D eigenvalue weighted by Gasteiger charge is -2.34. The average Bonchev–Trinajstić information content (AvgIpc) is 2.23.